The first-order valence-corrected chi connectivity index (χ1v) is 17.4. The second kappa shape index (κ2) is 11.7. The highest BCUT2D eigenvalue weighted by molar-refractivity contribution is 7.91. The molecule has 0 radical (unpaired) electrons. The molecule has 2 amide bonds. The quantitative estimate of drug-likeness (QED) is 0.243. The molecule has 42 heavy (non-hydrogen) atoms. The van der Waals surface area contributed by atoms with Gasteiger partial charge in [-0.3, -0.25) is 9.88 Å². The fourth-order valence-electron chi connectivity index (χ4n) is 4.49. The lowest BCUT2D eigenvalue weighted by Gasteiger charge is -2.26. The minimum atomic E-state index is -3.45. The van der Waals surface area contributed by atoms with E-state index in [-0.39, 0.29) is 23.5 Å². The number of carbonyl (C=O) groups excluding carboxylic acids is 1. The van der Waals surface area contributed by atoms with E-state index in [4.69, 9.17) is 11.6 Å². The van der Waals surface area contributed by atoms with Gasteiger partial charge in [-0.05, 0) is 99.0 Å². The zero-order valence-electron chi connectivity index (χ0n) is 24.3. The molecule has 0 atom stereocenters. The van der Waals surface area contributed by atoms with Crippen molar-refractivity contribution in [3.63, 3.8) is 0 Å². The third kappa shape index (κ3) is 6.61. The van der Waals surface area contributed by atoms with Gasteiger partial charge in [-0.25, -0.2) is 21.6 Å². The van der Waals surface area contributed by atoms with Crippen molar-refractivity contribution in [3.05, 3.63) is 89.1 Å². The Bertz CT molecular complexity index is 1870. The molecule has 1 N–H and O–H groups in total. The number of sulfone groups is 2. The molecule has 222 valence electrons. The number of pyridine rings is 1. The van der Waals surface area contributed by atoms with Crippen molar-refractivity contribution < 1.29 is 21.6 Å². The molecule has 0 spiro atoms. The molecular formula is C31H34ClN3O5S2. The van der Waals surface area contributed by atoms with Crippen LogP contribution in [0.15, 0.2) is 77.8 Å². The number of hydrogen-bond donors (Lipinski definition) is 1. The van der Waals surface area contributed by atoms with Gasteiger partial charge in [0.1, 0.15) is 0 Å². The standard InChI is InChI=1S/C31H34ClN3O5S2/c1-20(2)34-30(36)35(25-10-12-26(13-11-25)41(5,37)38)19-23-16-21(9-14-28(23)32)27-18-24(31(3,4)42(6,39)40)17-22-8-7-15-33-29(22)27/h7-18,20H,19H2,1-6H3,(H,34,36). The van der Waals surface area contributed by atoms with Crippen LogP contribution in [0.4, 0.5) is 10.5 Å². The summed E-state index contributed by atoms with van der Waals surface area (Å²) in [7, 11) is -6.86. The summed E-state index contributed by atoms with van der Waals surface area (Å²) in [6, 6.07) is 18.4. The maximum absolute atomic E-state index is 13.3. The number of nitrogens with one attached hydrogen (secondary N) is 1. The topological polar surface area (TPSA) is 114 Å². The number of urea groups is 1. The van der Waals surface area contributed by atoms with Gasteiger partial charge in [0.2, 0.25) is 0 Å². The summed E-state index contributed by atoms with van der Waals surface area (Å²) < 4.78 is 48.2. The molecule has 4 aromatic rings. The van der Waals surface area contributed by atoms with E-state index in [9.17, 15) is 21.6 Å². The summed E-state index contributed by atoms with van der Waals surface area (Å²) in [5, 5.41) is 4.12. The van der Waals surface area contributed by atoms with Gasteiger partial charge in [-0.1, -0.05) is 23.7 Å². The van der Waals surface area contributed by atoms with Crippen LogP contribution in [0, 0.1) is 0 Å². The van der Waals surface area contributed by atoms with E-state index in [2.05, 4.69) is 10.3 Å². The van der Waals surface area contributed by atoms with Gasteiger partial charge < -0.3 is 5.32 Å². The first kappa shape index (κ1) is 31.5. The fraction of sp³-hybridized carbons (Fsp3) is 0.290. The highest BCUT2D eigenvalue weighted by Crippen LogP contribution is 2.37. The predicted molar refractivity (Wildman–Crippen MR) is 169 cm³/mol. The Morgan fingerprint density at radius 2 is 1.64 bits per heavy atom. The summed E-state index contributed by atoms with van der Waals surface area (Å²) in [5.74, 6) is 0. The average molecular weight is 628 g/mol. The highest BCUT2D eigenvalue weighted by atomic mass is 35.5. The molecule has 3 aromatic carbocycles. The monoisotopic (exact) mass is 627 g/mol. The van der Waals surface area contributed by atoms with E-state index in [1.807, 2.05) is 44.2 Å². The Kier molecular flexibility index (Phi) is 8.74. The van der Waals surface area contributed by atoms with Crippen LogP contribution in [0.5, 0.6) is 0 Å². The van der Waals surface area contributed by atoms with Crippen LogP contribution >= 0.6 is 11.6 Å². The van der Waals surface area contributed by atoms with Crippen LogP contribution in [-0.2, 0) is 31.0 Å². The van der Waals surface area contributed by atoms with E-state index in [0.717, 1.165) is 22.8 Å². The molecule has 1 aromatic heterocycles. The van der Waals surface area contributed by atoms with Crippen LogP contribution in [0.3, 0.4) is 0 Å². The molecule has 8 nitrogen and oxygen atoms in total. The summed E-state index contributed by atoms with van der Waals surface area (Å²) >= 11 is 6.66. The maximum atomic E-state index is 13.3. The van der Waals surface area contributed by atoms with Gasteiger partial charge in [0.05, 0.1) is 21.7 Å². The third-order valence-electron chi connectivity index (χ3n) is 7.25. The summed E-state index contributed by atoms with van der Waals surface area (Å²) in [5.41, 5.74) is 3.93. The first-order valence-electron chi connectivity index (χ1n) is 13.2. The Labute approximate surface area is 252 Å². The summed E-state index contributed by atoms with van der Waals surface area (Å²) in [6.07, 6.45) is 4.03. The molecule has 1 heterocycles. The van der Waals surface area contributed by atoms with Gasteiger partial charge in [0.25, 0.3) is 0 Å². The van der Waals surface area contributed by atoms with E-state index >= 15 is 0 Å². The first-order chi connectivity index (χ1) is 19.5. The number of fused-ring (bicyclic) bond motifs is 1. The van der Waals surface area contributed by atoms with Gasteiger partial charge in [-0.2, -0.15) is 0 Å². The Balaban J connectivity index is 1.84. The molecule has 4 rings (SSSR count). The number of halogens is 1. The van der Waals surface area contributed by atoms with Crippen LogP contribution in [0.25, 0.3) is 22.0 Å². The van der Waals surface area contributed by atoms with Crippen molar-refractivity contribution in [2.75, 3.05) is 17.4 Å². The van der Waals surface area contributed by atoms with Crippen molar-refractivity contribution in [3.8, 4) is 11.1 Å². The van der Waals surface area contributed by atoms with Crippen molar-refractivity contribution >= 4 is 53.9 Å². The third-order valence-corrected chi connectivity index (χ3v) is 10.8. The minimum Gasteiger partial charge on any atom is -0.336 e. The number of hydrogen-bond acceptors (Lipinski definition) is 6. The van der Waals surface area contributed by atoms with Gasteiger partial charge in [0.15, 0.2) is 19.7 Å². The lowest BCUT2D eigenvalue weighted by molar-refractivity contribution is 0.243. The van der Waals surface area contributed by atoms with E-state index in [1.165, 1.54) is 23.3 Å². The molecule has 0 aliphatic rings. The predicted octanol–water partition coefficient (Wildman–Crippen LogP) is 6.36. The second-order valence-corrected chi connectivity index (χ2v) is 16.1. The van der Waals surface area contributed by atoms with Gasteiger partial charge in [-0.15, -0.1) is 0 Å². The molecule has 0 aliphatic heterocycles. The Morgan fingerprint density at radius 1 is 0.976 bits per heavy atom. The maximum Gasteiger partial charge on any atom is 0.322 e. The number of nitrogens with zero attached hydrogens (tertiary/aromatic N) is 2. The van der Waals surface area contributed by atoms with Crippen molar-refractivity contribution in [2.45, 2.75) is 49.9 Å². The van der Waals surface area contributed by atoms with Crippen LogP contribution in [-0.4, -0.2) is 46.4 Å². The van der Waals surface area contributed by atoms with E-state index in [1.54, 1.807) is 44.3 Å². The van der Waals surface area contributed by atoms with Crippen molar-refractivity contribution in [2.24, 2.45) is 0 Å². The van der Waals surface area contributed by atoms with Crippen LogP contribution < -0.4 is 10.2 Å². The molecule has 0 saturated heterocycles. The molecule has 0 unspecified atom stereocenters. The van der Waals surface area contributed by atoms with E-state index in [0.29, 0.717) is 27.4 Å². The lowest BCUT2D eigenvalue weighted by Crippen LogP contribution is -2.42. The number of carbonyl (C=O) groups is 1. The van der Waals surface area contributed by atoms with E-state index < -0.39 is 24.4 Å². The highest BCUT2D eigenvalue weighted by Gasteiger charge is 2.33. The average Bonchev–Trinajstić information content (AvgIpc) is 2.90. The normalized spacial score (nSPS) is 12.5. The molecule has 0 fully saturated rings. The molecule has 0 aliphatic carbocycles. The number of amides is 2. The minimum absolute atomic E-state index is 0.0866. The largest absolute Gasteiger partial charge is 0.336 e. The smallest absolute Gasteiger partial charge is 0.322 e. The summed E-state index contributed by atoms with van der Waals surface area (Å²) in [4.78, 5) is 19.5. The molecule has 0 saturated carbocycles. The second-order valence-electron chi connectivity index (χ2n) is 11.1. The zero-order chi connectivity index (χ0) is 31.0. The summed E-state index contributed by atoms with van der Waals surface area (Å²) in [6.45, 7) is 7.14. The van der Waals surface area contributed by atoms with Gasteiger partial charge >= 0.3 is 6.03 Å². The molecular weight excluding hydrogens is 594 g/mol. The fourth-order valence-corrected chi connectivity index (χ4v) is 5.84. The molecule has 11 heteroatoms. The van der Waals surface area contributed by atoms with Crippen LogP contribution in [0.2, 0.25) is 5.02 Å². The number of anilines is 1. The Morgan fingerprint density at radius 3 is 2.24 bits per heavy atom. The Hall–Kier alpha value is -3.47. The van der Waals surface area contributed by atoms with Crippen LogP contribution in [0.1, 0.15) is 38.8 Å². The number of benzene rings is 3. The van der Waals surface area contributed by atoms with Crippen molar-refractivity contribution in [1.29, 1.82) is 0 Å². The number of rotatable bonds is 8. The van der Waals surface area contributed by atoms with Crippen molar-refractivity contribution in [1.82, 2.24) is 10.3 Å². The lowest BCUT2D eigenvalue weighted by atomic mass is 9.93. The SMILES string of the molecule is CC(C)NC(=O)N(Cc1cc(-c2cc(C(C)(C)S(C)(=O)=O)cc3cccnc23)ccc1Cl)c1ccc(S(C)(=O)=O)cc1. The zero-order valence-corrected chi connectivity index (χ0v) is 26.7. The van der Waals surface area contributed by atoms with Gasteiger partial charge in [0, 0.05) is 46.4 Å². The number of aromatic nitrogens is 1. The molecule has 0 bridgehead atoms.